The van der Waals surface area contributed by atoms with Crippen molar-refractivity contribution in [1.29, 1.82) is 0 Å². The van der Waals surface area contributed by atoms with Crippen molar-refractivity contribution in [3.05, 3.63) is 29.6 Å². The van der Waals surface area contributed by atoms with Crippen molar-refractivity contribution >= 4 is 5.69 Å². The van der Waals surface area contributed by atoms with Crippen molar-refractivity contribution in [3.8, 4) is 0 Å². The van der Waals surface area contributed by atoms with Crippen LogP contribution in [0.4, 0.5) is 10.1 Å². The topological polar surface area (TPSA) is 27.7 Å². The highest BCUT2D eigenvalue weighted by molar-refractivity contribution is 5.53. The summed E-state index contributed by atoms with van der Waals surface area (Å²) in [5.74, 6) is 0.704. The van der Waals surface area contributed by atoms with Crippen LogP contribution in [-0.2, 0) is 4.74 Å². The maximum absolute atomic E-state index is 13.4. The third-order valence-electron chi connectivity index (χ3n) is 7.06. The van der Waals surface area contributed by atoms with Gasteiger partial charge >= 0.3 is 0 Å². The maximum atomic E-state index is 13.4. The lowest BCUT2D eigenvalue weighted by molar-refractivity contribution is -0.0581. The molecule has 0 aromatic heterocycles. The third kappa shape index (κ3) is 3.87. The van der Waals surface area contributed by atoms with Gasteiger partial charge in [0.15, 0.2) is 0 Å². The fraction of sp³-hybridized carbons (Fsp3) is 0.727. The zero-order valence-electron chi connectivity index (χ0n) is 16.4. The highest BCUT2D eigenvalue weighted by Crippen LogP contribution is 2.38. The van der Waals surface area contributed by atoms with Crippen LogP contribution in [0.15, 0.2) is 18.2 Å². The molecule has 0 amide bonds. The Kier molecular flexibility index (Phi) is 4.87. The van der Waals surface area contributed by atoms with E-state index in [-0.39, 0.29) is 5.82 Å². The van der Waals surface area contributed by atoms with Gasteiger partial charge < -0.3 is 15.0 Å². The quantitative estimate of drug-likeness (QED) is 0.878. The number of halogens is 1. The summed E-state index contributed by atoms with van der Waals surface area (Å²) >= 11 is 0. The van der Waals surface area contributed by atoms with Gasteiger partial charge in [0.25, 0.3) is 0 Å². The Balaban J connectivity index is 1.11. The van der Waals surface area contributed by atoms with E-state index in [4.69, 9.17) is 4.74 Å². The molecule has 1 aliphatic carbocycles. The molecule has 5 heteroatoms. The number of nitrogens with zero attached hydrogens (tertiary/aromatic N) is 2. The largest absolute Gasteiger partial charge is 0.375 e. The molecule has 4 fully saturated rings. The Morgan fingerprint density at radius 2 is 1.89 bits per heavy atom. The minimum Gasteiger partial charge on any atom is -0.375 e. The Morgan fingerprint density at radius 1 is 1.07 bits per heavy atom. The second-order valence-electron chi connectivity index (χ2n) is 9.11. The predicted octanol–water partition coefficient (Wildman–Crippen LogP) is 2.94. The standard InChI is InChI=1S/C22H32FN3O/c1-15-10-17(23)4-5-21(15)25-8-6-18(7-9-25)24-19-11-20-14-27-22(16-2-3-16)13-26(20)12-19/h4-5,10,16,18-20,22,24H,2-3,6-9,11-14H2,1H3/t19-,20+,22-/m1/s1. The number of hydrogen-bond donors (Lipinski definition) is 1. The Bertz CT molecular complexity index is 672. The second-order valence-corrected chi connectivity index (χ2v) is 9.11. The third-order valence-corrected chi connectivity index (χ3v) is 7.06. The second kappa shape index (κ2) is 7.34. The van der Waals surface area contributed by atoms with Gasteiger partial charge in [-0.25, -0.2) is 4.39 Å². The molecule has 0 radical (unpaired) electrons. The van der Waals surface area contributed by atoms with E-state index in [1.165, 1.54) is 44.3 Å². The van der Waals surface area contributed by atoms with E-state index in [2.05, 4.69) is 15.1 Å². The van der Waals surface area contributed by atoms with Crippen LogP contribution < -0.4 is 10.2 Å². The van der Waals surface area contributed by atoms with E-state index in [0.717, 1.165) is 37.7 Å². The zero-order chi connectivity index (χ0) is 18.4. The molecule has 4 aliphatic rings. The minimum absolute atomic E-state index is 0.140. The SMILES string of the molecule is Cc1cc(F)ccc1N1CCC(N[C@@H]2C[C@H]3CO[C@@H](C4CC4)CN3C2)CC1. The van der Waals surface area contributed by atoms with Crippen LogP contribution in [0.3, 0.4) is 0 Å². The Labute approximate surface area is 162 Å². The summed E-state index contributed by atoms with van der Waals surface area (Å²) in [4.78, 5) is 5.10. The lowest BCUT2D eigenvalue weighted by atomic mass is 10.0. The first-order chi connectivity index (χ1) is 13.2. The van der Waals surface area contributed by atoms with Crippen LogP contribution in [0, 0.1) is 18.7 Å². The molecular weight excluding hydrogens is 341 g/mol. The number of aryl methyl sites for hydroxylation is 1. The minimum atomic E-state index is -0.140. The zero-order valence-corrected chi connectivity index (χ0v) is 16.4. The number of benzene rings is 1. The normalized spacial score (nSPS) is 32.7. The molecule has 3 heterocycles. The Hall–Kier alpha value is -1.17. The molecule has 0 bridgehead atoms. The summed E-state index contributed by atoms with van der Waals surface area (Å²) in [6, 6.07) is 7.00. The molecule has 1 aromatic rings. The van der Waals surface area contributed by atoms with Gasteiger partial charge in [-0.05, 0) is 68.7 Å². The van der Waals surface area contributed by atoms with Crippen molar-refractivity contribution in [3.63, 3.8) is 0 Å². The number of nitrogens with one attached hydrogen (secondary N) is 1. The molecule has 148 valence electrons. The van der Waals surface area contributed by atoms with Crippen molar-refractivity contribution in [2.45, 2.75) is 63.3 Å². The van der Waals surface area contributed by atoms with Crippen LogP contribution in [0.25, 0.3) is 0 Å². The molecule has 3 saturated heterocycles. The van der Waals surface area contributed by atoms with Crippen molar-refractivity contribution in [2.75, 3.05) is 37.7 Å². The smallest absolute Gasteiger partial charge is 0.123 e. The monoisotopic (exact) mass is 373 g/mol. The summed E-state index contributed by atoms with van der Waals surface area (Å²) in [5, 5.41) is 3.95. The van der Waals surface area contributed by atoms with Crippen LogP contribution >= 0.6 is 0 Å². The molecule has 5 rings (SSSR count). The summed E-state index contributed by atoms with van der Waals surface area (Å²) in [6.07, 6.45) is 6.81. The molecule has 3 atom stereocenters. The van der Waals surface area contributed by atoms with E-state index in [1.807, 2.05) is 13.0 Å². The van der Waals surface area contributed by atoms with Crippen molar-refractivity contribution in [1.82, 2.24) is 10.2 Å². The number of hydrogen-bond acceptors (Lipinski definition) is 4. The first-order valence-corrected chi connectivity index (χ1v) is 10.8. The van der Waals surface area contributed by atoms with Gasteiger partial charge in [0.05, 0.1) is 12.7 Å². The molecule has 27 heavy (non-hydrogen) atoms. The van der Waals surface area contributed by atoms with Crippen LogP contribution in [0.1, 0.15) is 37.7 Å². The van der Waals surface area contributed by atoms with E-state index in [0.29, 0.717) is 24.2 Å². The highest BCUT2D eigenvalue weighted by atomic mass is 19.1. The van der Waals surface area contributed by atoms with Crippen LogP contribution in [0.5, 0.6) is 0 Å². The lowest BCUT2D eigenvalue weighted by Gasteiger charge is -2.36. The van der Waals surface area contributed by atoms with Crippen molar-refractivity contribution in [2.24, 2.45) is 5.92 Å². The molecular formula is C22H32FN3O. The molecule has 1 saturated carbocycles. The number of rotatable bonds is 4. The molecule has 1 N–H and O–H groups in total. The van der Waals surface area contributed by atoms with E-state index in [9.17, 15) is 4.39 Å². The molecule has 3 aliphatic heterocycles. The summed E-state index contributed by atoms with van der Waals surface area (Å²) < 4.78 is 19.5. The fourth-order valence-corrected chi connectivity index (χ4v) is 5.37. The highest BCUT2D eigenvalue weighted by Gasteiger charge is 2.42. The number of anilines is 1. The number of morpholine rings is 1. The molecule has 0 unspecified atom stereocenters. The molecule has 1 aromatic carbocycles. The van der Waals surface area contributed by atoms with Crippen LogP contribution in [0.2, 0.25) is 0 Å². The van der Waals surface area contributed by atoms with Crippen molar-refractivity contribution < 1.29 is 9.13 Å². The average molecular weight is 374 g/mol. The number of ether oxygens (including phenoxy) is 1. The van der Waals surface area contributed by atoms with Crippen LogP contribution in [-0.4, -0.2) is 61.9 Å². The van der Waals surface area contributed by atoms with E-state index in [1.54, 1.807) is 12.1 Å². The number of piperidine rings is 1. The summed E-state index contributed by atoms with van der Waals surface area (Å²) in [7, 11) is 0. The van der Waals surface area contributed by atoms with Gasteiger partial charge in [-0.15, -0.1) is 0 Å². The number of fused-ring (bicyclic) bond motifs is 1. The molecule has 0 spiro atoms. The summed E-state index contributed by atoms with van der Waals surface area (Å²) in [5.41, 5.74) is 2.23. The summed E-state index contributed by atoms with van der Waals surface area (Å²) in [6.45, 7) is 7.38. The Morgan fingerprint density at radius 3 is 2.63 bits per heavy atom. The van der Waals surface area contributed by atoms with Gasteiger partial charge in [0.2, 0.25) is 0 Å². The van der Waals surface area contributed by atoms with Gasteiger partial charge in [-0.2, -0.15) is 0 Å². The average Bonchev–Trinajstić information content (AvgIpc) is 3.43. The van der Waals surface area contributed by atoms with E-state index < -0.39 is 0 Å². The lowest BCUT2D eigenvalue weighted by Crippen LogP contribution is -2.48. The predicted molar refractivity (Wildman–Crippen MR) is 106 cm³/mol. The van der Waals surface area contributed by atoms with Gasteiger partial charge in [0.1, 0.15) is 5.82 Å². The first-order valence-electron chi connectivity index (χ1n) is 10.8. The van der Waals surface area contributed by atoms with Gasteiger partial charge in [0, 0.05) is 50.0 Å². The molecule has 4 nitrogen and oxygen atoms in total. The van der Waals surface area contributed by atoms with Gasteiger partial charge in [-0.3, -0.25) is 4.90 Å². The first kappa shape index (κ1) is 17.9. The van der Waals surface area contributed by atoms with Gasteiger partial charge in [-0.1, -0.05) is 0 Å². The van der Waals surface area contributed by atoms with E-state index >= 15 is 0 Å². The fourth-order valence-electron chi connectivity index (χ4n) is 5.37. The maximum Gasteiger partial charge on any atom is 0.123 e.